The van der Waals surface area contributed by atoms with Gasteiger partial charge in [0.15, 0.2) is 0 Å². The molecule has 1 amide bonds. The zero-order chi connectivity index (χ0) is 52.2. The summed E-state index contributed by atoms with van der Waals surface area (Å²) < 4.78 is 5.48. The largest absolute Gasteiger partial charge is 0.466 e. The van der Waals surface area contributed by atoms with Crippen LogP contribution >= 0.6 is 0 Å². The summed E-state index contributed by atoms with van der Waals surface area (Å²) in [4.78, 5) is 24.5. The molecule has 0 heterocycles. The van der Waals surface area contributed by atoms with E-state index < -0.39 is 12.1 Å². The molecule has 0 aromatic carbocycles. The van der Waals surface area contributed by atoms with Crippen molar-refractivity contribution in [1.29, 1.82) is 0 Å². The molecule has 0 saturated carbocycles. The normalized spacial score (nSPS) is 12.6. The number of ether oxygens (including phenoxy) is 1. The zero-order valence-electron chi connectivity index (χ0n) is 48.9. The standard InChI is InChI=1S/C66H129NO5/c1-3-5-7-9-11-13-15-17-34-38-42-46-50-54-58-64(69)63(62-68)67-65(70)59-55-51-47-43-39-35-32-30-28-26-24-22-20-19-21-23-25-27-29-31-33-37-41-45-49-53-57-61-72-66(71)60-56-52-48-44-40-36-18-16-14-12-10-8-6-4-2/h16,18,63-64,68-69H,3-15,17,19-62H2,1-2H3,(H,67,70)/b18-16-. The predicted molar refractivity (Wildman–Crippen MR) is 315 cm³/mol. The molecule has 0 aliphatic heterocycles. The number of allylic oxidation sites excluding steroid dienone is 2. The molecule has 428 valence electrons. The van der Waals surface area contributed by atoms with Crippen molar-refractivity contribution in [2.45, 2.75) is 386 Å². The van der Waals surface area contributed by atoms with E-state index in [1.165, 1.54) is 295 Å². The van der Waals surface area contributed by atoms with E-state index >= 15 is 0 Å². The molecule has 0 saturated heterocycles. The number of unbranched alkanes of at least 4 members (excludes halogenated alkanes) is 49. The second-order valence-corrected chi connectivity index (χ2v) is 22.8. The Hall–Kier alpha value is -1.40. The summed E-state index contributed by atoms with van der Waals surface area (Å²) in [6.45, 7) is 4.97. The van der Waals surface area contributed by atoms with Gasteiger partial charge in [-0.1, -0.05) is 321 Å². The van der Waals surface area contributed by atoms with E-state index in [1.54, 1.807) is 0 Å². The fourth-order valence-electron chi connectivity index (χ4n) is 10.5. The lowest BCUT2D eigenvalue weighted by molar-refractivity contribution is -0.143. The van der Waals surface area contributed by atoms with E-state index in [0.717, 1.165) is 44.9 Å². The molecule has 0 spiro atoms. The van der Waals surface area contributed by atoms with Crippen LogP contribution in [0.1, 0.15) is 373 Å². The van der Waals surface area contributed by atoms with Gasteiger partial charge in [0.05, 0.1) is 25.4 Å². The number of nitrogens with one attached hydrogen (secondary N) is 1. The maximum atomic E-state index is 12.5. The van der Waals surface area contributed by atoms with E-state index in [2.05, 4.69) is 31.3 Å². The molecular formula is C66H129NO5. The van der Waals surface area contributed by atoms with E-state index in [-0.39, 0.29) is 18.5 Å². The number of carbonyl (C=O) groups is 2. The highest BCUT2D eigenvalue weighted by molar-refractivity contribution is 5.76. The second kappa shape index (κ2) is 62.1. The van der Waals surface area contributed by atoms with Crippen LogP contribution in [0.25, 0.3) is 0 Å². The number of hydrogen-bond donors (Lipinski definition) is 3. The van der Waals surface area contributed by atoms with E-state index in [0.29, 0.717) is 25.9 Å². The van der Waals surface area contributed by atoms with E-state index in [4.69, 9.17) is 4.74 Å². The number of aliphatic hydroxyl groups excluding tert-OH is 2. The van der Waals surface area contributed by atoms with Gasteiger partial charge in [-0.05, 0) is 51.4 Å². The van der Waals surface area contributed by atoms with Crippen LogP contribution in [-0.2, 0) is 14.3 Å². The number of carbonyl (C=O) groups excluding carboxylic acids is 2. The second-order valence-electron chi connectivity index (χ2n) is 22.8. The molecule has 0 aliphatic carbocycles. The van der Waals surface area contributed by atoms with Gasteiger partial charge in [-0.3, -0.25) is 9.59 Å². The van der Waals surface area contributed by atoms with Gasteiger partial charge in [0.1, 0.15) is 0 Å². The lowest BCUT2D eigenvalue weighted by Gasteiger charge is -2.22. The van der Waals surface area contributed by atoms with Gasteiger partial charge in [0.2, 0.25) is 5.91 Å². The summed E-state index contributed by atoms with van der Waals surface area (Å²) in [6, 6.07) is -0.538. The molecule has 6 heteroatoms. The van der Waals surface area contributed by atoms with Crippen molar-refractivity contribution in [2.24, 2.45) is 0 Å². The molecule has 0 fully saturated rings. The van der Waals surface area contributed by atoms with Gasteiger partial charge in [-0.2, -0.15) is 0 Å². The first-order valence-electron chi connectivity index (χ1n) is 32.9. The maximum Gasteiger partial charge on any atom is 0.305 e. The monoisotopic (exact) mass is 1020 g/mol. The van der Waals surface area contributed by atoms with Crippen LogP contribution in [-0.4, -0.2) is 47.4 Å². The number of hydrogen-bond acceptors (Lipinski definition) is 5. The van der Waals surface area contributed by atoms with Crippen LogP contribution < -0.4 is 5.32 Å². The Morgan fingerprint density at radius 1 is 0.375 bits per heavy atom. The van der Waals surface area contributed by atoms with E-state index in [1.807, 2.05) is 0 Å². The molecule has 0 rings (SSSR count). The van der Waals surface area contributed by atoms with Crippen LogP contribution in [0.5, 0.6) is 0 Å². The van der Waals surface area contributed by atoms with Crippen molar-refractivity contribution in [3.63, 3.8) is 0 Å². The highest BCUT2D eigenvalue weighted by Crippen LogP contribution is 2.19. The number of esters is 1. The molecule has 0 bridgehead atoms. The van der Waals surface area contributed by atoms with Gasteiger partial charge < -0.3 is 20.3 Å². The Morgan fingerprint density at radius 2 is 0.653 bits per heavy atom. The van der Waals surface area contributed by atoms with Crippen LogP contribution in [0.3, 0.4) is 0 Å². The molecule has 0 aliphatic rings. The van der Waals surface area contributed by atoms with Gasteiger partial charge in [-0.25, -0.2) is 0 Å². The number of amides is 1. The van der Waals surface area contributed by atoms with E-state index in [9.17, 15) is 19.8 Å². The van der Waals surface area contributed by atoms with Crippen molar-refractivity contribution in [2.75, 3.05) is 13.2 Å². The summed E-state index contributed by atoms with van der Waals surface area (Å²) in [5, 5.41) is 23.3. The summed E-state index contributed by atoms with van der Waals surface area (Å²) in [7, 11) is 0. The number of aliphatic hydroxyl groups is 2. The van der Waals surface area contributed by atoms with Crippen LogP contribution in [0.15, 0.2) is 12.2 Å². The Labute approximate surface area is 450 Å². The third-order valence-corrected chi connectivity index (χ3v) is 15.6. The average molecular weight is 1020 g/mol. The Morgan fingerprint density at radius 3 is 0.986 bits per heavy atom. The molecule has 0 aromatic heterocycles. The molecule has 2 atom stereocenters. The molecule has 3 N–H and O–H groups in total. The topological polar surface area (TPSA) is 95.9 Å². The van der Waals surface area contributed by atoms with Gasteiger partial charge in [-0.15, -0.1) is 0 Å². The van der Waals surface area contributed by atoms with Crippen LogP contribution in [0.2, 0.25) is 0 Å². The fraction of sp³-hybridized carbons (Fsp3) is 0.939. The summed E-state index contributed by atoms with van der Waals surface area (Å²) in [5.74, 6) is -0.0196. The smallest absolute Gasteiger partial charge is 0.305 e. The molecular weight excluding hydrogens is 887 g/mol. The lowest BCUT2D eigenvalue weighted by Crippen LogP contribution is -2.45. The average Bonchev–Trinajstić information content (AvgIpc) is 3.38. The van der Waals surface area contributed by atoms with Crippen molar-refractivity contribution >= 4 is 11.9 Å². The molecule has 72 heavy (non-hydrogen) atoms. The maximum absolute atomic E-state index is 12.5. The predicted octanol–water partition coefficient (Wildman–Crippen LogP) is 20.8. The minimum atomic E-state index is -0.661. The molecule has 6 nitrogen and oxygen atoms in total. The third-order valence-electron chi connectivity index (χ3n) is 15.6. The van der Waals surface area contributed by atoms with Crippen molar-refractivity contribution < 1.29 is 24.5 Å². The van der Waals surface area contributed by atoms with Gasteiger partial charge in [0, 0.05) is 12.8 Å². The Balaban J connectivity index is 3.33. The summed E-state index contributed by atoms with van der Waals surface area (Å²) >= 11 is 0. The molecule has 0 radical (unpaired) electrons. The quantitative estimate of drug-likeness (QED) is 0.0320. The summed E-state index contributed by atoms with van der Waals surface area (Å²) in [6.07, 6.45) is 75.3. The minimum absolute atomic E-state index is 0.0102. The van der Waals surface area contributed by atoms with Gasteiger partial charge in [0.25, 0.3) is 0 Å². The van der Waals surface area contributed by atoms with Crippen LogP contribution in [0.4, 0.5) is 0 Å². The third kappa shape index (κ3) is 57.9. The zero-order valence-corrected chi connectivity index (χ0v) is 48.9. The lowest BCUT2D eigenvalue weighted by atomic mass is 10.0. The molecule has 2 unspecified atom stereocenters. The summed E-state index contributed by atoms with van der Waals surface area (Å²) in [5.41, 5.74) is 0. The minimum Gasteiger partial charge on any atom is -0.466 e. The fourth-order valence-corrected chi connectivity index (χ4v) is 10.5. The van der Waals surface area contributed by atoms with Gasteiger partial charge >= 0.3 is 5.97 Å². The SMILES string of the molecule is CCCCCCC/C=C\CCCCCCCC(=O)OCCCCCCCCCCCCCCCCCCCCCCCCCCCCCC(=O)NC(CO)C(O)CCCCCCCCCCCCCCCC. The first kappa shape index (κ1) is 70.6. The van der Waals surface area contributed by atoms with Crippen molar-refractivity contribution in [3.8, 4) is 0 Å². The Kier molecular flexibility index (Phi) is 60.9. The van der Waals surface area contributed by atoms with Crippen molar-refractivity contribution in [1.82, 2.24) is 5.32 Å². The highest BCUT2D eigenvalue weighted by Gasteiger charge is 2.20. The first-order chi connectivity index (χ1) is 35.5. The van der Waals surface area contributed by atoms with Crippen LogP contribution in [0, 0.1) is 0 Å². The van der Waals surface area contributed by atoms with Crippen molar-refractivity contribution in [3.05, 3.63) is 12.2 Å². The first-order valence-corrected chi connectivity index (χ1v) is 32.9. The molecule has 0 aromatic rings. The Bertz CT molecular complexity index is 1080. The number of rotatable bonds is 62. The highest BCUT2D eigenvalue weighted by atomic mass is 16.5.